The van der Waals surface area contributed by atoms with E-state index in [1.165, 1.54) is 6.20 Å². The van der Waals surface area contributed by atoms with E-state index in [9.17, 15) is 30.7 Å². The van der Waals surface area contributed by atoms with Crippen LogP contribution in [0.1, 0.15) is 11.3 Å². The fraction of sp³-hybridized carbons (Fsp3) is 0.278. The lowest BCUT2D eigenvalue weighted by Gasteiger charge is -2.24. The molecule has 0 saturated carbocycles. The Balaban J connectivity index is 2.41. The van der Waals surface area contributed by atoms with Gasteiger partial charge in [-0.2, -0.15) is 40.5 Å². The summed E-state index contributed by atoms with van der Waals surface area (Å²) in [6, 6.07) is 1.79. The molecule has 3 rings (SSSR count). The number of alkyl halides is 7. The molecule has 33 heavy (non-hydrogen) atoms. The van der Waals surface area contributed by atoms with Gasteiger partial charge in [0.1, 0.15) is 5.82 Å². The molecule has 1 aromatic carbocycles. The maximum atomic E-state index is 14.9. The number of halogens is 8. The van der Waals surface area contributed by atoms with Gasteiger partial charge in [0.25, 0.3) is 5.88 Å². The van der Waals surface area contributed by atoms with Crippen LogP contribution in [0.5, 0.6) is 5.88 Å². The minimum Gasteiger partial charge on any atom is -0.478 e. The molecule has 3 aromatic rings. The Morgan fingerprint density at radius 1 is 0.970 bits per heavy atom. The summed E-state index contributed by atoms with van der Waals surface area (Å²) in [7, 11) is 1.47. The van der Waals surface area contributed by atoms with Gasteiger partial charge in [0, 0.05) is 24.5 Å². The minimum atomic E-state index is -5.15. The summed E-state index contributed by atoms with van der Waals surface area (Å²) in [5.74, 6) is -6.58. The zero-order chi connectivity index (χ0) is 24.8. The summed E-state index contributed by atoms with van der Waals surface area (Å²) < 4.78 is 107. The van der Waals surface area contributed by atoms with Gasteiger partial charge in [-0.25, -0.2) is 9.97 Å². The van der Waals surface area contributed by atoms with Gasteiger partial charge in [-0.3, -0.25) is 0 Å². The molecular formula is C18H13ClF7N5O2. The van der Waals surface area contributed by atoms with Crippen molar-refractivity contribution in [2.24, 2.45) is 0 Å². The van der Waals surface area contributed by atoms with E-state index in [0.717, 1.165) is 19.4 Å². The first-order valence-electron chi connectivity index (χ1n) is 8.68. The van der Waals surface area contributed by atoms with Gasteiger partial charge in [-0.05, 0) is 23.8 Å². The predicted octanol–water partition coefficient (Wildman–Crippen LogP) is 4.92. The number of aromatic nitrogens is 4. The number of nitrogen functional groups attached to an aromatic ring is 1. The first-order valence-corrected chi connectivity index (χ1v) is 9.05. The zero-order valence-electron chi connectivity index (χ0n) is 16.6. The Morgan fingerprint density at radius 3 is 2.18 bits per heavy atom. The highest BCUT2D eigenvalue weighted by atomic mass is 35.5. The quantitative estimate of drug-likeness (QED) is 0.484. The third-order valence-electron chi connectivity index (χ3n) is 4.39. The lowest BCUT2D eigenvalue weighted by Crippen LogP contribution is -2.40. The van der Waals surface area contributed by atoms with Crippen molar-refractivity contribution in [2.75, 3.05) is 20.0 Å². The van der Waals surface area contributed by atoms with E-state index in [2.05, 4.69) is 19.8 Å². The van der Waals surface area contributed by atoms with Crippen LogP contribution in [-0.2, 0) is 16.8 Å². The van der Waals surface area contributed by atoms with Gasteiger partial charge in [0.2, 0.25) is 5.82 Å². The van der Waals surface area contributed by atoms with Crippen LogP contribution in [0.3, 0.4) is 0 Å². The fourth-order valence-corrected chi connectivity index (χ4v) is 3.10. The van der Waals surface area contributed by atoms with Crippen LogP contribution in [0.2, 0.25) is 5.02 Å². The van der Waals surface area contributed by atoms with Crippen LogP contribution in [-0.4, -0.2) is 40.1 Å². The van der Waals surface area contributed by atoms with Crippen molar-refractivity contribution in [1.82, 2.24) is 19.7 Å². The molecule has 0 unspecified atom stereocenters. The van der Waals surface area contributed by atoms with E-state index in [0.29, 0.717) is 23.9 Å². The van der Waals surface area contributed by atoms with Crippen LogP contribution in [0, 0.1) is 0 Å². The Kier molecular flexibility index (Phi) is 6.19. The maximum Gasteiger partial charge on any atom is 0.425 e. The number of nitrogens with two attached hydrogens (primary N) is 1. The Bertz CT molecular complexity index is 1180. The van der Waals surface area contributed by atoms with Gasteiger partial charge >= 0.3 is 18.2 Å². The Morgan fingerprint density at radius 2 is 1.61 bits per heavy atom. The number of methoxy groups -OCH3 is 2. The summed E-state index contributed by atoms with van der Waals surface area (Å²) in [6.07, 6.45) is -7.77. The van der Waals surface area contributed by atoms with E-state index in [-0.39, 0.29) is 11.7 Å². The second kappa shape index (κ2) is 8.33. The van der Waals surface area contributed by atoms with Gasteiger partial charge in [0.05, 0.1) is 18.2 Å². The molecule has 0 aliphatic heterocycles. The summed E-state index contributed by atoms with van der Waals surface area (Å²) >= 11 is 5.74. The number of rotatable bonds is 6. The molecule has 0 atom stereocenters. The molecule has 0 aliphatic carbocycles. The molecule has 0 radical (unpaired) electrons. The van der Waals surface area contributed by atoms with Gasteiger partial charge in [-0.1, -0.05) is 11.6 Å². The van der Waals surface area contributed by atoms with Crippen molar-refractivity contribution < 1.29 is 40.2 Å². The normalized spacial score (nSPS) is 12.8. The van der Waals surface area contributed by atoms with Crippen molar-refractivity contribution in [3.8, 4) is 22.8 Å². The Labute approximate surface area is 185 Å². The molecular weight excluding hydrogens is 487 g/mol. The van der Waals surface area contributed by atoms with Gasteiger partial charge in [-0.15, -0.1) is 0 Å². The summed E-state index contributed by atoms with van der Waals surface area (Å²) in [5.41, 5.74) is 1.30. The number of nitrogens with zero attached hydrogens (tertiary/aromatic N) is 4. The van der Waals surface area contributed by atoms with Crippen LogP contribution >= 0.6 is 11.6 Å². The molecule has 0 bridgehead atoms. The predicted molar refractivity (Wildman–Crippen MR) is 101 cm³/mol. The molecule has 0 saturated heterocycles. The van der Waals surface area contributed by atoms with E-state index >= 15 is 0 Å². The molecule has 0 amide bonds. The maximum absolute atomic E-state index is 14.9. The molecule has 2 aromatic heterocycles. The first kappa shape index (κ1) is 24.5. The SMILES string of the molecule is COc1nccnc1-n1nc(C(F)(F)C(F)(F)OC)c(-c2cc(Cl)cc(C(F)(F)F)c2)c1N. The topological polar surface area (TPSA) is 88.1 Å². The van der Waals surface area contributed by atoms with Gasteiger partial charge < -0.3 is 15.2 Å². The highest BCUT2D eigenvalue weighted by Crippen LogP contribution is 2.49. The second-order valence-electron chi connectivity index (χ2n) is 6.43. The molecule has 0 fully saturated rings. The number of benzene rings is 1. The summed E-state index contributed by atoms with van der Waals surface area (Å²) in [6.45, 7) is 0. The average molecular weight is 500 g/mol. The monoisotopic (exact) mass is 499 g/mol. The molecule has 15 heteroatoms. The van der Waals surface area contributed by atoms with Crippen LogP contribution in [0.4, 0.5) is 36.6 Å². The molecule has 7 nitrogen and oxygen atoms in total. The lowest BCUT2D eigenvalue weighted by atomic mass is 9.99. The van der Waals surface area contributed by atoms with Crippen molar-refractivity contribution >= 4 is 17.4 Å². The molecule has 0 spiro atoms. The molecule has 178 valence electrons. The lowest BCUT2D eigenvalue weighted by molar-refractivity contribution is -0.345. The molecule has 0 aliphatic rings. The van der Waals surface area contributed by atoms with Gasteiger partial charge in [0.15, 0.2) is 5.69 Å². The van der Waals surface area contributed by atoms with Crippen LogP contribution < -0.4 is 10.5 Å². The van der Waals surface area contributed by atoms with Crippen LogP contribution in [0.25, 0.3) is 16.9 Å². The minimum absolute atomic E-state index is 0.284. The fourth-order valence-electron chi connectivity index (χ4n) is 2.87. The van der Waals surface area contributed by atoms with E-state index in [1.807, 2.05) is 0 Å². The van der Waals surface area contributed by atoms with Crippen molar-refractivity contribution in [1.29, 1.82) is 0 Å². The van der Waals surface area contributed by atoms with Crippen molar-refractivity contribution in [2.45, 2.75) is 18.2 Å². The smallest absolute Gasteiger partial charge is 0.425 e. The van der Waals surface area contributed by atoms with E-state index < -0.39 is 51.4 Å². The zero-order valence-corrected chi connectivity index (χ0v) is 17.3. The van der Waals surface area contributed by atoms with E-state index in [1.54, 1.807) is 0 Å². The first-order chi connectivity index (χ1) is 15.2. The third-order valence-corrected chi connectivity index (χ3v) is 4.61. The molecule has 2 heterocycles. The Hall–Kier alpha value is -3.13. The highest BCUT2D eigenvalue weighted by Gasteiger charge is 2.62. The summed E-state index contributed by atoms with van der Waals surface area (Å²) in [5, 5.41) is 2.93. The standard InChI is InChI=1S/C18H13ClF7N5O2/c1-32-15-14(28-3-4-29-15)31-13(27)11(12(30-31)16(20,21)18(25,26)33-2)8-5-9(17(22,23)24)7-10(19)6-8/h3-7H,27H2,1-2H3. The van der Waals surface area contributed by atoms with Crippen molar-refractivity contribution in [3.05, 3.63) is 46.9 Å². The van der Waals surface area contributed by atoms with E-state index in [4.69, 9.17) is 22.1 Å². The largest absolute Gasteiger partial charge is 0.478 e. The number of anilines is 1. The summed E-state index contributed by atoms with van der Waals surface area (Å²) in [4.78, 5) is 7.61. The average Bonchev–Trinajstić information content (AvgIpc) is 3.10. The van der Waals surface area contributed by atoms with Crippen molar-refractivity contribution in [3.63, 3.8) is 0 Å². The van der Waals surface area contributed by atoms with Crippen LogP contribution in [0.15, 0.2) is 30.6 Å². The highest BCUT2D eigenvalue weighted by molar-refractivity contribution is 6.31. The second-order valence-corrected chi connectivity index (χ2v) is 6.87. The molecule has 2 N–H and O–H groups in total. The number of ether oxygens (including phenoxy) is 2. The third kappa shape index (κ3) is 4.27. The number of hydrogen-bond donors (Lipinski definition) is 1. The number of hydrogen-bond acceptors (Lipinski definition) is 6.